The average Bonchev–Trinajstić information content (AvgIpc) is 3.23. The summed E-state index contributed by atoms with van der Waals surface area (Å²) in [6.07, 6.45) is 0.743. The van der Waals surface area contributed by atoms with Crippen molar-refractivity contribution in [2.24, 2.45) is 5.73 Å². The molecular formula is C17H20ClFN4O3S. The number of aromatic nitrogens is 1. The van der Waals surface area contributed by atoms with E-state index in [2.05, 4.69) is 15.6 Å². The second-order valence-electron chi connectivity index (χ2n) is 5.96. The predicted molar refractivity (Wildman–Crippen MR) is 105 cm³/mol. The van der Waals surface area contributed by atoms with Crippen molar-refractivity contribution in [2.75, 3.05) is 17.2 Å². The number of rotatable bonds is 5. The van der Waals surface area contributed by atoms with Gasteiger partial charge in [0.1, 0.15) is 11.9 Å². The third kappa shape index (κ3) is 5.23. The largest absolute Gasteiger partial charge is 0.364 e. The zero-order valence-corrected chi connectivity index (χ0v) is 16.2. The maximum absolute atomic E-state index is 14.3. The SMILES string of the molecule is CC(=O)Nc1ccc(-c2csc(NC(=O)[C@@H]3CC[C@H](CN)O3)n2)c(F)c1.Cl. The molecule has 2 atom stereocenters. The van der Waals surface area contributed by atoms with Crippen LogP contribution in [0.4, 0.5) is 15.2 Å². The summed E-state index contributed by atoms with van der Waals surface area (Å²) in [5, 5.41) is 7.24. The second kappa shape index (κ2) is 9.23. The summed E-state index contributed by atoms with van der Waals surface area (Å²) in [5.41, 5.74) is 6.61. The molecule has 7 nitrogen and oxygen atoms in total. The fraction of sp³-hybridized carbons (Fsp3) is 0.353. The van der Waals surface area contributed by atoms with E-state index in [0.29, 0.717) is 29.5 Å². The Morgan fingerprint density at radius 1 is 1.37 bits per heavy atom. The molecule has 0 spiro atoms. The van der Waals surface area contributed by atoms with Crippen molar-refractivity contribution in [1.82, 2.24) is 4.98 Å². The molecule has 1 fully saturated rings. The van der Waals surface area contributed by atoms with Gasteiger partial charge < -0.3 is 15.8 Å². The molecular weight excluding hydrogens is 395 g/mol. The number of nitrogens with one attached hydrogen (secondary N) is 2. The van der Waals surface area contributed by atoms with Crippen LogP contribution in [0.1, 0.15) is 19.8 Å². The molecule has 2 amide bonds. The monoisotopic (exact) mass is 414 g/mol. The quantitative estimate of drug-likeness (QED) is 0.697. The zero-order valence-electron chi connectivity index (χ0n) is 14.5. The molecule has 3 rings (SSSR count). The molecule has 4 N–H and O–H groups in total. The number of ether oxygens (including phenoxy) is 1. The molecule has 1 aromatic heterocycles. The molecule has 2 heterocycles. The first kappa shape index (κ1) is 21.2. The second-order valence-corrected chi connectivity index (χ2v) is 6.82. The molecule has 1 saturated heterocycles. The number of carbonyl (C=O) groups is 2. The van der Waals surface area contributed by atoms with Crippen LogP contribution in [0.5, 0.6) is 0 Å². The van der Waals surface area contributed by atoms with Crippen LogP contribution in [0.25, 0.3) is 11.3 Å². The Morgan fingerprint density at radius 2 is 2.15 bits per heavy atom. The van der Waals surface area contributed by atoms with Crippen LogP contribution in [-0.2, 0) is 14.3 Å². The Kier molecular flexibility index (Phi) is 7.25. The topological polar surface area (TPSA) is 106 Å². The molecule has 1 aliphatic heterocycles. The van der Waals surface area contributed by atoms with Gasteiger partial charge in [-0.1, -0.05) is 0 Å². The van der Waals surface area contributed by atoms with Gasteiger partial charge in [-0.25, -0.2) is 9.37 Å². The molecule has 2 aromatic rings. The molecule has 1 aromatic carbocycles. The van der Waals surface area contributed by atoms with Gasteiger partial charge in [-0.15, -0.1) is 23.7 Å². The van der Waals surface area contributed by atoms with Gasteiger partial charge in [0.15, 0.2) is 5.13 Å². The normalized spacial score (nSPS) is 18.6. The fourth-order valence-electron chi connectivity index (χ4n) is 2.72. The van der Waals surface area contributed by atoms with Gasteiger partial charge in [-0.2, -0.15) is 0 Å². The van der Waals surface area contributed by atoms with Crippen molar-refractivity contribution < 1.29 is 18.7 Å². The lowest BCUT2D eigenvalue weighted by atomic mass is 10.1. The number of anilines is 2. The van der Waals surface area contributed by atoms with E-state index in [1.165, 1.54) is 30.4 Å². The van der Waals surface area contributed by atoms with Crippen molar-refractivity contribution in [1.29, 1.82) is 0 Å². The van der Waals surface area contributed by atoms with E-state index in [9.17, 15) is 14.0 Å². The lowest BCUT2D eigenvalue weighted by molar-refractivity contribution is -0.126. The van der Waals surface area contributed by atoms with Gasteiger partial charge in [0.05, 0.1) is 11.8 Å². The lowest BCUT2D eigenvalue weighted by Gasteiger charge is -2.11. The van der Waals surface area contributed by atoms with Gasteiger partial charge in [-0.05, 0) is 31.0 Å². The van der Waals surface area contributed by atoms with Crippen molar-refractivity contribution in [2.45, 2.75) is 32.0 Å². The molecule has 1 aliphatic rings. The Hall–Kier alpha value is -2.07. The van der Waals surface area contributed by atoms with Crippen LogP contribution < -0.4 is 16.4 Å². The third-order valence-corrected chi connectivity index (χ3v) is 4.72. The predicted octanol–water partition coefficient (Wildman–Crippen LogP) is 2.77. The number of halogens is 2. The van der Waals surface area contributed by atoms with E-state index in [-0.39, 0.29) is 35.9 Å². The average molecular weight is 415 g/mol. The van der Waals surface area contributed by atoms with Crippen molar-refractivity contribution in [3.8, 4) is 11.3 Å². The van der Waals surface area contributed by atoms with Gasteiger partial charge in [0, 0.05) is 30.1 Å². The highest BCUT2D eigenvalue weighted by Gasteiger charge is 2.30. The van der Waals surface area contributed by atoms with E-state index in [1.54, 1.807) is 11.4 Å². The summed E-state index contributed by atoms with van der Waals surface area (Å²) < 4.78 is 19.8. The minimum atomic E-state index is -0.537. The van der Waals surface area contributed by atoms with Gasteiger partial charge in [-0.3, -0.25) is 14.9 Å². The summed E-state index contributed by atoms with van der Waals surface area (Å²) >= 11 is 1.20. The number of thiazole rings is 1. The maximum atomic E-state index is 14.3. The molecule has 0 unspecified atom stereocenters. The summed E-state index contributed by atoms with van der Waals surface area (Å²) in [6.45, 7) is 1.74. The highest BCUT2D eigenvalue weighted by Crippen LogP contribution is 2.29. The van der Waals surface area contributed by atoms with E-state index < -0.39 is 11.9 Å². The minimum absolute atomic E-state index is 0. The van der Waals surface area contributed by atoms with Crippen LogP contribution in [0, 0.1) is 5.82 Å². The van der Waals surface area contributed by atoms with Crippen molar-refractivity contribution in [3.05, 3.63) is 29.4 Å². The number of hydrogen-bond acceptors (Lipinski definition) is 6. The van der Waals surface area contributed by atoms with Crippen molar-refractivity contribution >= 4 is 46.4 Å². The summed E-state index contributed by atoms with van der Waals surface area (Å²) in [4.78, 5) is 27.5. The Morgan fingerprint density at radius 3 is 2.78 bits per heavy atom. The first-order chi connectivity index (χ1) is 12.5. The van der Waals surface area contributed by atoms with E-state index >= 15 is 0 Å². The molecule has 0 saturated carbocycles. The Bertz CT molecular complexity index is 832. The summed E-state index contributed by atoms with van der Waals surface area (Å²) in [7, 11) is 0. The third-order valence-electron chi connectivity index (χ3n) is 3.96. The first-order valence-electron chi connectivity index (χ1n) is 8.15. The molecule has 10 heteroatoms. The number of carbonyl (C=O) groups excluding carboxylic acids is 2. The highest BCUT2D eigenvalue weighted by molar-refractivity contribution is 7.14. The molecule has 0 bridgehead atoms. The fourth-order valence-corrected chi connectivity index (χ4v) is 3.43. The van der Waals surface area contributed by atoms with E-state index in [0.717, 1.165) is 6.42 Å². The summed E-state index contributed by atoms with van der Waals surface area (Å²) in [5.74, 6) is -1.06. The standard InChI is InChI=1S/C17H19FN4O3S.ClH/c1-9(23)20-10-2-4-12(13(18)6-10)14-8-26-17(21-14)22-16(24)15-5-3-11(7-19)25-15;/h2,4,6,8,11,15H,3,5,7,19H2,1H3,(H,20,23)(H,21,22,24);1H/t11-,15+;/m1./s1. The number of nitrogens with zero attached hydrogens (tertiary/aromatic N) is 1. The molecule has 0 aliphatic carbocycles. The Labute approximate surface area is 165 Å². The number of benzene rings is 1. The van der Waals surface area contributed by atoms with Crippen LogP contribution >= 0.6 is 23.7 Å². The molecule has 27 heavy (non-hydrogen) atoms. The summed E-state index contributed by atoms with van der Waals surface area (Å²) in [6, 6.07) is 4.36. The van der Waals surface area contributed by atoms with Crippen molar-refractivity contribution in [3.63, 3.8) is 0 Å². The maximum Gasteiger partial charge on any atom is 0.255 e. The van der Waals surface area contributed by atoms with Gasteiger partial charge >= 0.3 is 0 Å². The van der Waals surface area contributed by atoms with Crippen LogP contribution in [-0.4, -0.2) is 35.6 Å². The number of hydrogen-bond donors (Lipinski definition) is 3. The van der Waals surface area contributed by atoms with Gasteiger partial charge in [0.2, 0.25) is 5.91 Å². The van der Waals surface area contributed by atoms with E-state index in [4.69, 9.17) is 10.5 Å². The highest BCUT2D eigenvalue weighted by atomic mass is 35.5. The first-order valence-corrected chi connectivity index (χ1v) is 9.03. The zero-order chi connectivity index (χ0) is 18.7. The van der Waals surface area contributed by atoms with Crippen LogP contribution in [0.15, 0.2) is 23.6 Å². The molecule has 0 radical (unpaired) electrons. The van der Waals surface area contributed by atoms with Crippen LogP contribution in [0.3, 0.4) is 0 Å². The minimum Gasteiger partial charge on any atom is -0.364 e. The van der Waals surface area contributed by atoms with Gasteiger partial charge in [0.25, 0.3) is 5.91 Å². The van der Waals surface area contributed by atoms with E-state index in [1.807, 2.05) is 0 Å². The van der Waals surface area contributed by atoms with Crippen LogP contribution in [0.2, 0.25) is 0 Å². The smallest absolute Gasteiger partial charge is 0.255 e. The number of nitrogens with two attached hydrogens (primary N) is 1. The lowest BCUT2D eigenvalue weighted by Crippen LogP contribution is -2.29. The Balaban J connectivity index is 0.00000261. The molecule has 146 valence electrons. The number of amides is 2.